The maximum Gasteiger partial charge on any atom is 0.234 e. The second kappa shape index (κ2) is 4.31. The minimum Gasteiger partial charge on any atom is -0.349 e. The monoisotopic (exact) mass is 265 g/mol. The summed E-state index contributed by atoms with van der Waals surface area (Å²) in [6, 6.07) is 0. The first-order valence-electron chi connectivity index (χ1n) is 6.14. The molecular formula is C11H15N5OS. The molecule has 0 atom stereocenters. The SMILES string of the molecule is CC(C)C(=O)NCc1nn2c(C3CC3)nnc2s1. The van der Waals surface area contributed by atoms with Gasteiger partial charge in [0.2, 0.25) is 10.9 Å². The molecule has 0 radical (unpaired) electrons. The van der Waals surface area contributed by atoms with Gasteiger partial charge in [0.05, 0.1) is 6.54 Å². The van der Waals surface area contributed by atoms with Crippen LogP contribution in [0.3, 0.4) is 0 Å². The van der Waals surface area contributed by atoms with Crippen LogP contribution in [-0.2, 0) is 11.3 Å². The molecule has 2 heterocycles. The highest BCUT2D eigenvalue weighted by Crippen LogP contribution is 2.39. The molecule has 1 saturated carbocycles. The third-order valence-corrected chi connectivity index (χ3v) is 3.84. The summed E-state index contributed by atoms with van der Waals surface area (Å²) < 4.78 is 1.82. The molecule has 0 bridgehead atoms. The van der Waals surface area contributed by atoms with Crippen LogP contribution in [0, 0.1) is 5.92 Å². The Balaban J connectivity index is 1.75. The number of rotatable bonds is 4. The molecule has 0 aliphatic heterocycles. The Bertz CT molecular complexity index is 583. The lowest BCUT2D eigenvalue weighted by molar-refractivity contribution is -0.124. The Kier molecular flexibility index (Phi) is 2.77. The quantitative estimate of drug-likeness (QED) is 0.905. The number of fused-ring (bicyclic) bond motifs is 1. The minimum atomic E-state index is -0.00210. The Hall–Kier alpha value is -1.50. The van der Waals surface area contributed by atoms with Crippen molar-refractivity contribution in [3.63, 3.8) is 0 Å². The summed E-state index contributed by atoms with van der Waals surface area (Å²) in [4.78, 5) is 12.3. The van der Waals surface area contributed by atoms with Gasteiger partial charge in [-0.3, -0.25) is 4.79 Å². The fourth-order valence-corrected chi connectivity index (χ4v) is 2.49. The summed E-state index contributed by atoms with van der Waals surface area (Å²) in [5, 5.41) is 16.5. The van der Waals surface area contributed by atoms with Gasteiger partial charge in [-0.05, 0) is 12.8 Å². The van der Waals surface area contributed by atoms with Crippen molar-refractivity contribution in [1.82, 2.24) is 25.1 Å². The zero-order valence-electron chi connectivity index (χ0n) is 10.4. The maximum atomic E-state index is 11.5. The molecule has 1 fully saturated rings. The molecule has 7 heteroatoms. The van der Waals surface area contributed by atoms with E-state index in [2.05, 4.69) is 20.6 Å². The third kappa shape index (κ3) is 2.10. The number of nitrogens with one attached hydrogen (secondary N) is 1. The van der Waals surface area contributed by atoms with E-state index in [0.717, 1.165) is 15.8 Å². The van der Waals surface area contributed by atoms with E-state index in [1.807, 2.05) is 18.4 Å². The van der Waals surface area contributed by atoms with Gasteiger partial charge in [-0.15, -0.1) is 10.2 Å². The largest absolute Gasteiger partial charge is 0.349 e. The first-order chi connectivity index (χ1) is 8.65. The highest BCUT2D eigenvalue weighted by Gasteiger charge is 2.30. The minimum absolute atomic E-state index is 0.00210. The molecule has 2 aromatic rings. The molecule has 0 aromatic carbocycles. The van der Waals surface area contributed by atoms with Gasteiger partial charge in [-0.1, -0.05) is 25.2 Å². The summed E-state index contributed by atoms with van der Waals surface area (Å²) >= 11 is 1.48. The van der Waals surface area contributed by atoms with Crippen molar-refractivity contribution >= 4 is 22.2 Å². The number of carbonyl (C=O) groups excluding carboxylic acids is 1. The van der Waals surface area contributed by atoms with Crippen molar-refractivity contribution in [2.24, 2.45) is 5.92 Å². The van der Waals surface area contributed by atoms with Gasteiger partial charge in [-0.25, -0.2) is 0 Å². The van der Waals surface area contributed by atoms with Gasteiger partial charge in [-0.2, -0.15) is 9.61 Å². The standard InChI is InChI=1S/C11H15N5OS/c1-6(2)10(17)12-5-8-15-16-9(7-3-4-7)13-14-11(16)18-8/h6-7H,3-5H2,1-2H3,(H,12,17). The van der Waals surface area contributed by atoms with Gasteiger partial charge >= 0.3 is 0 Å². The summed E-state index contributed by atoms with van der Waals surface area (Å²) in [6.45, 7) is 4.22. The second-order valence-electron chi connectivity index (χ2n) is 4.90. The molecule has 1 aliphatic carbocycles. The number of amides is 1. The molecule has 96 valence electrons. The summed E-state index contributed by atoms with van der Waals surface area (Å²) in [6.07, 6.45) is 2.36. The van der Waals surface area contributed by atoms with Crippen molar-refractivity contribution in [2.75, 3.05) is 0 Å². The van der Waals surface area contributed by atoms with Crippen LogP contribution in [-0.4, -0.2) is 25.7 Å². The molecule has 1 aliphatic rings. The molecule has 1 amide bonds. The van der Waals surface area contributed by atoms with Gasteiger partial charge in [0, 0.05) is 11.8 Å². The Morgan fingerprint density at radius 1 is 1.50 bits per heavy atom. The van der Waals surface area contributed by atoms with Gasteiger partial charge in [0.15, 0.2) is 5.82 Å². The molecule has 0 saturated heterocycles. The molecule has 6 nitrogen and oxygen atoms in total. The average Bonchev–Trinajstić information content (AvgIpc) is 2.97. The van der Waals surface area contributed by atoms with Crippen LogP contribution in [0.4, 0.5) is 0 Å². The smallest absolute Gasteiger partial charge is 0.234 e. The van der Waals surface area contributed by atoms with Crippen LogP contribution in [0.5, 0.6) is 0 Å². The highest BCUT2D eigenvalue weighted by atomic mass is 32.1. The zero-order chi connectivity index (χ0) is 12.7. The van der Waals surface area contributed by atoms with Crippen molar-refractivity contribution < 1.29 is 4.79 Å². The molecule has 0 spiro atoms. The van der Waals surface area contributed by atoms with Crippen LogP contribution in [0.2, 0.25) is 0 Å². The fraction of sp³-hybridized carbons (Fsp3) is 0.636. The topological polar surface area (TPSA) is 72.2 Å². The van der Waals surface area contributed by atoms with E-state index in [1.54, 1.807) is 0 Å². The van der Waals surface area contributed by atoms with Crippen molar-refractivity contribution in [2.45, 2.75) is 39.2 Å². The normalized spacial score (nSPS) is 15.5. The van der Waals surface area contributed by atoms with E-state index in [4.69, 9.17) is 0 Å². The summed E-state index contributed by atoms with van der Waals surface area (Å²) in [5.74, 6) is 1.53. The number of hydrogen-bond donors (Lipinski definition) is 1. The second-order valence-corrected chi connectivity index (χ2v) is 5.94. The Morgan fingerprint density at radius 2 is 2.28 bits per heavy atom. The van der Waals surface area contributed by atoms with Gasteiger partial charge in [0.1, 0.15) is 5.01 Å². The molecule has 2 aromatic heterocycles. The fourth-order valence-electron chi connectivity index (χ4n) is 1.71. The van der Waals surface area contributed by atoms with Crippen LogP contribution >= 0.6 is 11.3 Å². The van der Waals surface area contributed by atoms with Crippen molar-refractivity contribution in [3.8, 4) is 0 Å². The number of nitrogens with zero attached hydrogens (tertiary/aromatic N) is 4. The number of hydrogen-bond acceptors (Lipinski definition) is 5. The molecule has 3 rings (SSSR count). The number of aromatic nitrogens is 4. The highest BCUT2D eigenvalue weighted by molar-refractivity contribution is 7.16. The predicted octanol–water partition coefficient (Wildman–Crippen LogP) is 1.34. The first-order valence-corrected chi connectivity index (χ1v) is 6.95. The lowest BCUT2D eigenvalue weighted by Crippen LogP contribution is -2.27. The molecular weight excluding hydrogens is 250 g/mol. The Morgan fingerprint density at radius 3 is 2.94 bits per heavy atom. The van der Waals surface area contributed by atoms with E-state index in [9.17, 15) is 4.79 Å². The first kappa shape index (κ1) is 11.6. The number of carbonyl (C=O) groups is 1. The van der Waals surface area contributed by atoms with E-state index in [0.29, 0.717) is 12.5 Å². The summed E-state index contributed by atoms with van der Waals surface area (Å²) in [5.41, 5.74) is 0. The summed E-state index contributed by atoms with van der Waals surface area (Å²) in [7, 11) is 0. The van der Waals surface area contributed by atoms with Crippen LogP contribution in [0.25, 0.3) is 4.96 Å². The van der Waals surface area contributed by atoms with Crippen LogP contribution in [0.1, 0.15) is 43.4 Å². The van der Waals surface area contributed by atoms with E-state index in [1.165, 1.54) is 24.2 Å². The predicted molar refractivity (Wildman–Crippen MR) is 67.3 cm³/mol. The van der Waals surface area contributed by atoms with E-state index < -0.39 is 0 Å². The molecule has 0 unspecified atom stereocenters. The van der Waals surface area contributed by atoms with Gasteiger partial charge in [0.25, 0.3) is 0 Å². The van der Waals surface area contributed by atoms with Gasteiger partial charge < -0.3 is 5.32 Å². The van der Waals surface area contributed by atoms with Crippen LogP contribution in [0.15, 0.2) is 0 Å². The van der Waals surface area contributed by atoms with Crippen molar-refractivity contribution in [3.05, 3.63) is 10.8 Å². The van der Waals surface area contributed by atoms with E-state index >= 15 is 0 Å². The van der Waals surface area contributed by atoms with Crippen molar-refractivity contribution in [1.29, 1.82) is 0 Å². The molecule has 1 N–H and O–H groups in total. The average molecular weight is 265 g/mol. The zero-order valence-corrected chi connectivity index (χ0v) is 11.2. The van der Waals surface area contributed by atoms with Crippen LogP contribution < -0.4 is 5.32 Å². The molecule has 18 heavy (non-hydrogen) atoms. The third-order valence-electron chi connectivity index (χ3n) is 2.94. The maximum absolute atomic E-state index is 11.5. The lowest BCUT2D eigenvalue weighted by atomic mass is 10.2. The lowest BCUT2D eigenvalue weighted by Gasteiger charge is -2.04. The van der Waals surface area contributed by atoms with E-state index in [-0.39, 0.29) is 11.8 Å². The Labute approximate surface area is 108 Å².